The largest absolute Gasteiger partial charge is 0.392 e. The molecule has 0 amide bonds. The zero-order valence-corrected chi connectivity index (χ0v) is 14.2. The molecule has 4 rings (SSSR count). The van der Waals surface area contributed by atoms with Crippen molar-refractivity contribution in [1.29, 1.82) is 0 Å². The topological polar surface area (TPSA) is 43.7 Å². The fourth-order valence-corrected chi connectivity index (χ4v) is 5.37. The van der Waals surface area contributed by atoms with Crippen molar-refractivity contribution in [2.45, 2.75) is 70.5 Å². The molecular formula is C20H29NO2. The van der Waals surface area contributed by atoms with E-state index in [9.17, 15) is 10.2 Å². The maximum absolute atomic E-state index is 10.7. The Balaban J connectivity index is 1.78. The summed E-state index contributed by atoms with van der Waals surface area (Å²) in [5, 5.41) is 20.6. The summed E-state index contributed by atoms with van der Waals surface area (Å²) >= 11 is 0. The molecule has 3 heteroatoms. The lowest BCUT2D eigenvalue weighted by Gasteiger charge is -2.49. The first-order valence-electron chi connectivity index (χ1n) is 9.32. The molecule has 0 radical (unpaired) electrons. The number of hydrogen-bond donors (Lipinski definition) is 2. The molecule has 0 aromatic heterocycles. The van der Waals surface area contributed by atoms with Crippen molar-refractivity contribution in [1.82, 2.24) is 0 Å². The summed E-state index contributed by atoms with van der Waals surface area (Å²) in [6.45, 7) is 4.67. The first-order chi connectivity index (χ1) is 11.1. The molecule has 1 heterocycles. The predicted octanol–water partition coefficient (Wildman–Crippen LogP) is 3.36. The molecule has 2 aliphatic carbocycles. The molecule has 3 nitrogen and oxygen atoms in total. The Morgan fingerprint density at radius 1 is 1.17 bits per heavy atom. The number of anilines is 1. The SMILES string of the molecule is CC12CCCC(O)C1c1cc(CO)c(N3CCCC3)cc1CC2. The molecular weight excluding hydrogens is 286 g/mol. The molecule has 1 saturated heterocycles. The summed E-state index contributed by atoms with van der Waals surface area (Å²) < 4.78 is 0. The van der Waals surface area contributed by atoms with Crippen molar-refractivity contribution in [3.05, 3.63) is 28.8 Å². The van der Waals surface area contributed by atoms with Gasteiger partial charge in [0.05, 0.1) is 12.7 Å². The Hall–Kier alpha value is -1.06. The van der Waals surface area contributed by atoms with E-state index >= 15 is 0 Å². The second-order valence-electron chi connectivity index (χ2n) is 8.12. The number of aliphatic hydroxyl groups excluding tert-OH is 2. The van der Waals surface area contributed by atoms with E-state index in [1.165, 1.54) is 42.5 Å². The molecule has 0 bridgehead atoms. The van der Waals surface area contributed by atoms with Gasteiger partial charge in [0, 0.05) is 30.3 Å². The van der Waals surface area contributed by atoms with Crippen molar-refractivity contribution in [2.75, 3.05) is 18.0 Å². The predicted molar refractivity (Wildman–Crippen MR) is 92.8 cm³/mol. The highest BCUT2D eigenvalue weighted by Gasteiger charge is 2.45. The van der Waals surface area contributed by atoms with Gasteiger partial charge in [-0.1, -0.05) is 19.4 Å². The van der Waals surface area contributed by atoms with E-state index in [0.29, 0.717) is 0 Å². The number of aliphatic hydroxyl groups is 2. The first-order valence-corrected chi connectivity index (χ1v) is 9.32. The number of hydrogen-bond acceptors (Lipinski definition) is 3. The monoisotopic (exact) mass is 315 g/mol. The van der Waals surface area contributed by atoms with Gasteiger partial charge in [0.15, 0.2) is 0 Å². The minimum Gasteiger partial charge on any atom is -0.392 e. The molecule has 0 spiro atoms. The molecule has 3 unspecified atom stereocenters. The van der Waals surface area contributed by atoms with E-state index in [0.717, 1.165) is 37.9 Å². The fourth-order valence-electron chi connectivity index (χ4n) is 5.37. The third kappa shape index (κ3) is 2.49. The van der Waals surface area contributed by atoms with Gasteiger partial charge >= 0.3 is 0 Å². The Bertz CT molecular complexity index is 594. The van der Waals surface area contributed by atoms with Crippen molar-refractivity contribution in [3.63, 3.8) is 0 Å². The van der Waals surface area contributed by atoms with Gasteiger partial charge in [-0.25, -0.2) is 0 Å². The van der Waals surface area contributed by atoms with Gasteiger partial charge in [0.25, 0.3) is 0 Å². The highest BCUT2D eigenvalue weighted by atomic mass is 16.3. The quantitative estimate of drug-likeness (QED) is 0.879. The lowest BCUT2D eigenvalue weighted by atomic mass is 9.57. The van der Waals surface area contributed by atoms with Crippen LogP contribution in [0.5, 0.6) is 0 Å². The van der Waals surface area contributed by atoms with Crippen molar-refractivity contribution in [2.24, 2.45) is 5.41 Å². The molecule has 1 aliphatic heterocycles. The molecule has 2 fully saturated rings. The third-order valence-electron chi connectivity index (χ3n) is 6.64. The lowest BCUT2D eigenvalue weighted by molar-refractivity contribution is 0.0151. The van der Waals surface area contributed by atoms with Crippen molar-refractivity contribution >= 4 is 5.69 Å². The van der Waals surface area contributed by atoms with Crippen LogP contribution < -0.4 is 4.90 Å². The maximum atomic E-state index is 10.7. The minimum atomic E-state index is -0.225. The van der Waals surface area contributed by atoms with E-state index in [1.54, 1.807) is 0 Å². The molecule has 3 atom stereocenters. The van der Waals surface area contributed by atoms with Crippen LogP contribution in [0.15, 0.2) is 12.1 Å². The van der Waals surface area contributed by atoms with E-state index in [1.807, 2.05) is 0 Å². The maximum Gasteiger partial charge on any atom is 0.0702 e. The highest BCUT2D eigenvalue weighted by Crippen LogP contribution is 2.54. The van der Waals surface area contributed by atoms with Crippen LogP contribution in [0.2, 0.25) is 0 Å². The summed E-state index contributed by atoms with van der Waals surface area (Å²) in [5.74, 6) is 0.248. The van der Waals surface area contributed by atoms with Crippen molar-refractivity contribution in [3.8, 4) is 0 Å². The van der Waals surface area contributed by atoms with Crippen LogP contribution in [-0.2, 0) is 13.0 Å². The summed E-state index contributed by atoms with van der Waals surface area (Å²) in [4.78, 5) is 2.43. The number of nitrogens with zero attached hydrogens (tertiary/aromatic N) is 1. The minimum absolute atomic E-state index is 0.0959. The van der Waals surface area contributed by atoms with Gasteiger partial charge in [-0.05, 0) is 61.1 Å². The zero-order valence-electron chi connectivity index (χ0n) is 14.2. The van der Waals surface area contributed by atoms with Crippen LogP contribution in [0, 0.1) is 5.41 Å². The smallest absolute Gasteiger partial charge is 0.0702 e. The average molecular weight is 315 g/mol. The van der Waals surface area contributed by atoms with Gasteiger partial charge in [0.2, 0.25) is 0 Å². The fraction of sp³-hybridized carbons (Fsp3) is 0.700. The van der Waals surface area contributed by atoms with E-state index in [-0.39, 0.29) is 24.0 Å². The van der Waals surface area contributed by atoms with Crippen LogP contribution in [0.3, 0.4) is 0 Å². The van der Waals surface area contributed by atoms with Crippen LogP contribution in [-0.4, -0.2) is 29.4 Å². The van der Waals surface area contributed by atoms with Crippen molar-refractivity contribution < 1.29 is 10.2 Å². The second kappa shape index (κ2) is 5.78. The Labute approximate surface area is 139 Å². The summed E-state index contributed by atoms with van der Waals surface area (Å²) in [7, 11) is 0. The lowest BCUT2D eigenvalue weighted by Crippen LogP contribution is -2.41. The summed E-state index contributed by atoms with van der Waals surface area (Å²) in [6.07, 6.45) is 7.85. The number of aryl methyl sites for hydroxylation is 1. The molecule has 23 heavy (non-hydrogen) atoms. The van der Waals surface area contributed by atoms with Gasteiger partial charge in [-0.2, -0.15) is 0 Å². The Morgan fingerprint density at radius 3 is 2.70 bits per heavy atom. The van der Waals surface area contributed by atoms with Gasteiger partial charge in [0.1, 0.15) is 0 Å². The molecule has 126 valence electrons. The first kappa shape index (κ1) is 15.5. The van der Waals surface area contributed by atoms with E-state index in [4.69, 9.17) is 0 Å². The van der Waals surface area contributed by atoms with Crippen LogP contribution in [0.1, 0.15) is 68.1 Å². The van der Waals surface area contributed by atoms with Gasteiger partial charge in [-0.3, -0.25) is 0 Å². The third-order valence-corrected chi connectivity index (χ3v) is 6.64. The Kier molecular flexibility index (Phi) is 3.89. The van der Waals surface area contributed by atoms with E-state index in [2.05, 4.69) is 24.0 Å². The molecule has 3 aliphatic rings. The van der Waals surface area contributed by atoms with E-state index < -0.39 is 0 Å². The summed E-state index contributed by atoms with van der Waals surface area (Å²) in [6, 6.07) is 4.55. The standard InChI is InChI=1S/C20H29NO2/c1-20-7-4-5-18(23)19(20)16-11-15(13-22)17(12-14(16)6-8-20)21-9-2-3-10-21/h11-12,18-19,22-23H,2-10,13H2,1H3. The normalized spacial score (nSPS) is 33.4. The average Bonchev–Trinajstić information content (AvgIpc) is 3.07. The summed E-state index contributed by atoms with van der Waals surface area (Å²) in [5.41, 5.74) is 5.24. The molecule has 1 saturated carbocycles. The number of fused-ring (bicyclic) bond motifs is 3. The zero-order chi connectivity index (χ0) is 16.0. The van der Waals surface area contributed by atoms with Gasteiger partial charge in [-0.15, -0.1) is 0 Å². The molecule has 2 N–H and O–H groups in total. The Morgan fingerprint density at radius 2 is 1.96 bits per heavy atom. The highest BCUT2D eigenvalue weighted by molar-refractivity contribution is 5.59. The molecule has 1 aromatic rings. The number of benzene rings is 1. The molecule has 1 aromatic carbocycles. The van der Waals surface area contributed by atoms with Gasteiger partial charge < -0.3 is 15.1 Å². The van der Waals surface area contributed by atoms with Crippen LogP contribution >= 0.6 is 0 Å². The van der Waals surface area contributed by atoms with Crippen LogP contribution in [0.4, 0.5) is 5.69 Å². The number of rotatable bonds is 2. The van der Waals surface area contributed by atoms with Crippen LogP contribution in [0.25, 0.3) is 0 Å². The second-order valence-corrected chi connectivity index (χ2v) is 8.12.